The van der Waals surface area contributed by atoms with Crippen molar-refractivity contribution in [2.24, 2.45) is 5.92 Å². The lowest BCUT2D eigenvalue weighted by Crippen LogP contribution is -2.21. The van der Waals surface area contributed by atoms with E-state index in [2.05, 4.69) is 41.0 Å². The van der Waals surface area contributed by atoms with Crippen LogP contribution in [0.25, 0.3) is 16.7 Å². The van der Waals surface area contributed by atoms with E-state index in [9.17, 15) is 18.4 Å². The largest absolute Gasteiger partial charge is 0.321 e. The number of aromatic nitrogens is 4. The van der Waals surface area contributed by atoms with Crippen molar-refractivity contribution in [3.63, 3.8) is 0 Å². The third-order valence-electron chi connectivity index (χ3n) is 7.70. The van der Waals surface area contributed by atoms with Gasteiger partial charge in [-0.1, -0.05) is 33.6 Å². The predicted octanol–water partition coefficient (Wildman–Crippen LogP) is 7.54. The van der Waals surface area contributed by atoms with Gasteiger partial charge in [0.1, 0.15) is 5.65 Å². The van der Waals surface area contributed by atoms with Gasteiger partial charge in [-0.2, -0.15) is 0 Å². The van der Waals surface area contributed by atoms with Crippen molar-refractivity contribution in [3.8, 4) is 5.69 Å². The average Bonchev–Trinajstić information content (AvgIpc) is 3.36. The number of carbonyl (C=O) groups is 2. The number of fused-ring (bicyclic) bond motifs is 1. The summed E-state index contributed by atoms with van der Waals surface area (Å²) in [6.07, 6.45) is 10.5. The molecule has 214 valence electrons. The number of rotatable bonds is 6. The lowest BCUT2D eigenvalue weighted by atomic mass is 9.85. The Balaban J connectivity index is 1.29. The molecule has 1 amide bonds. The summed E-state index contributed by atoms with van der Waals surface area (Å²) in [6, 6.07) is 9.10. The van der Waals surface area contributed by atoms with Crippen LogP contribution in [0.15, 0.2) is 61.3 Å². The molecule has 4 aromatic rings. The Morgan fingerprint density at radius 1 is 0.976 bits per heavy atom. The molecular weight excluding hydrogens is 524 g/mol. The van der Waals surface area contributed by atoms with Crippen LogP contribution in [0.3, 0.4) is 0 Å². The molecule has 4 aromatic heterocycles. The molecule has 9 heteroatoms. The van der Waals surface area contributed by atoms with E-state index >= 15 is 0 Å². The number of hydrogen-bond donors (Lipinski definition) is 1. The smallest absolute Gasteiger partial charge is 0.257 e. The van der Waals surface area contributed by atoms with E-state index in [1.165, 1.54) is 12.4 Å². The second-order valence-electron chi connectivity index (χ2n) is 12.0. The zero-order chi connectivity index (χ0) is 29.2. The highest BCUT2D eigenvalue weighted by molar-refractivity contribution is 6.04. The maximum Gasteiger partial charge on any atom is 0.257 e. The van der Waals surface area contributed by atoms with Crippen LogP contribution in [-0.2, 0) is 5.41 Å². The second kappa shape index (κ2) is 11.5. The van der Waals surface area contributed by atoms with Crippen molar-refractivity contribution in [2.45, 2.75) is 77.1 Å². The van der Waals surface area contributed by atoms with Gasteiger partial charge in [0, 0.05) is 59.9 Å². The molecule has 4 heterocycles. The Morgan fingerprint density at radius 2 is 1.80 bits per heavy atom. The highest BCUT2D eigenvalue weighted by Gasteiger charge is 2.31. The lowest BCUT2D eigenvalue weighted by molar-refractivity contribution is -0.0292. The Labute approximate surface area is 238 Å². The Hall–Kier alpha value is -4.01. The third kappa shape index (κ3) is 6.84. The van der Waals surface area contributed by atoms with Crippen LogP contribution < -0.4 is 5.32 Å². The van der Waals surface area contributed by atoms with Crippen molar-refractivity contribution >= 4 is 28.4 Å². The zero-order valence-corrected chi connectivity index (χ0v) is 23.7. The molecule has 1 fully saturated rings. The van der Waals surface area contributed by atoms with Gasteiger partial charge in [-0.25, -0.2) is 13.8 Å². The molecule has 1 N–H and O–H groups in total. The molecule has 0 aromatic carbocycles. The van der Waals surface area contributed by atoms with Crippen molar-refractivity contribution in [2.75, 3.05) is 5.32 Å². The van der Waals surface area contributed by atoms with Gasteiger partial charge < -0.3 is 5.32 Å². The van der Waals surface area contributed by atoms with Crippen LogP contribution >= 0.6 is 0 Å². The number of nitrogens with one attached hydrogen (secondary N) is 1. The van der Waals surface area contributed by atoms with Gasteiger partial charge in [-0.3, -0.25) is 24.1 Å². The maximum atomic E-state index is 13.9. The molecule has 1 aliphatic carbocycles. The fourth-order valence-electron chi connectivity index (χ4n) is 5.27. The van der Waals surface area contributed by atoms with E-state index in [1.807, 2.05) is 29.0 Å². The number of anilines is 1. The second-order valence-corrected chi connectivity index (χ2v) is 12.0. The molecule has 0 bridgehead atoms. The van der Waals surface area contributed by atoms with E-state index < -0.39 is 5.92 Å². The van der Waals surface area contributed by atoms with Gasteiger partial charge in [0.05, 0.1) is 29.3 Å². The van der Waals surface area contributed by atoms with Crippen molar-refractivity contribution in [1.82, 2.24) is 19.5 Å². The number of halogens is 2. The SMILES string of the molecule is CC(C)(C)c1ccc(NC(=O)c2cncc(-n3ccc4cc(C(=O)CC5CCCCC(F)(F)CC5)cnc43)c2)cn1. The number of alkyl halides is 2. The fourth-order valence-corrected chi connectivity index (χ4v) is 5.27. The molecule has 0 radical (unpaired) electrons. The van der Waals surface area contributed by atoms with Crippen molar-refractivity contribution < 1.29 is 18.4 Å². The molecule has 1 unspecified atom stereocenters. The van der Waals surface area contributed by atoms with E-state index in [1.54, 1.807) is 24.5 Å². The van der Waals surface area contributed by atoms with Crippen LogP contribution in [-0.4, -0.2) is 37.1 Å². The number of carbonyl (C=O) groups excluding carboxylic acids is 2. The highest BCUT2D eigenvalue weighted by atomic mass is 19.3. The molecule has 0 spiro atoms. The zero-order valence-electron chi connectivity index (χ0n) is 23.7. The third-order valence-corrected chi connectivity index (χ3v) is 7.70. The summed E-state index contributed by atoms with van der Waals surface area (Å²) in [5.41, 5.74) is 3.55. The summed E-state index contributed by atoms with van der Waals surface area (Å²) in [5.74, 6) is -3.06. The van der Waals surface area contributed by atoms with Gasteiger partial charge in [0.25, 0.3) is 5.91 Å². The first-order valence-electron chi connectivity index (χ1n) is 14.1. The Kier molecular flexibility index (Phi) is 7.98. The van der Waals surface area contributed by atoms with E-state index in [0.29, 0.717) is 41.0 Å². The predicted molar refractivity (Wildman–Crippen MR) is 155 cm³/mol. The first kappa shape index (κ1) is 28.5. The molecule has 41 heavy (non-hydrogen) atoms. The topological polar surface area (TPSA) is 89.8 Å². The summed E-state index contributed by atoms with van der Waals surface area (Å²) in [4.78, 5) is 39.3. The monoisotopic (exact) mass is 559 g/mol. The minimum Gasteiger partial charge on any atom is -0.321 e. The molecular formula is C32H35F2N5O2. The fraction of sp³-hybridized carbons (Fsp3) is 0.406. The van der Waals surface area contributed by atoms with Gasteiger partial charge >= 0.3 is 0 Å². The minimum atomic E-state index is -2.63. The maximum absolute atomic E-state index is 13.9. The number of amides is 1. The van der Waals surface area contributed by atoms with Crippen molar-refractivity contribution in [3.05, 3.63) is 78.1 Å². The molecule has 1 saturated carbocycles. The summed E-state index contributed by atoms with van der Waals surface area (Å²) in [6.45, 7) is 6.23. The van der Waals surface area contributed by atoms with E-state index in [4.69, 9.17) is 0 Å². The lowest BCUT2D eigenvalue weighted by Gasteiger charge is -2.24. The molecule has 1 aliphatic rings. The quantitative estimate of drug-likeness (QED) is 0.247. The summed E-state index contributed by atoms with van der Waals surface area (Å²) in [5, 5.41) is 3.63. The molecule has 5 rings (SSSR count). The van der Waals surface area contributed by atoms with Gasteiger partial charge in [0.2, 0.25) is 5.92 Å². The van der Waals surface area contributed by atoms with Crippen LogP contribution in [0.5, 0.6) is 0 Å². The van der Waals surface area contributed by atoms with Crippen LogP contribution in [0.2, 0.25) is 0 Å². The standard InChI is InChI=1S/C32H35F2N5O2/c1-31(2,3)28-8-7-25(19-36-28)38-30(41)24-16-26(20-35-17-24)39-13-10-22-15-23(18-37-29(22)39)27(40)14-21-6-4-5-11-32(33,34)12-9-21/h7-8,10,13,15-21H,4-6,9,11-12,14H2,1-3H3,(H,38,41). The number of pyridine rings is 3. The van der Waals surface area contributed by atoms with E-state index in [0.717, 1.165) is 23.9 Å². The van der Waals surface area contributed by atoms with E-state index in [-0.39, 0.29) is 42.3 Å². The van der Waals surface area contributed by atoms with Gasteiger partial charge in [-0.15, -0.1) is 0 Å². The van der Waals surface area contributed by atoms with Crippen LogP contribution in [0.4, 0.5) is 14.5 Å². The number of hydrogen-bond acceptors (Lipinski definition) is 5. The van der Waals surface area contributed by atoms with Crippen LogP contribution in [0.1, 0.15) is 92.1 Å². The minimum absolute atomic E-state index is 0.0406. The van der Waals surface area contributed by atoms with Gasteiger partial charge in [-0.05, 0) is 49.1 Å². The first-order chi connectivity index (χ1) is 19.5. The number of ketones is 1. The molecule has 1 atom stereocenters. The highest BCUT2D eigenvalue weighted by Crippen LogP contribution is 2.35. The molecule has 7 nitrogen and oxygen atoms in total. The van der Waals surface area contributed by atoms with Crippen molar-refractivity contribution in [1.29, 1.82) is 0 Å². The average molecular weight is 560 g/mol. The normalized spacial score (nSPS) is 17.5. The van der Waals surface area contributed by atoms with Gasteiger partial charge in [0.15, 0.2) is 5.78 Å². The molecule has 0 aliphatic heterocycles. The Morgan fingerprint density at radius 3 is 2.56 bits per heavy atom. The summed E-state index contributed by atoms with van der Waals surface area (Å²) >= 11 is 0. The van der Waals surface area contributed by atoms with Crippen LogP contribution in [0, 0.1) is 5.92 Å². The number of Topliss-reactive ketones (excluding diaryl/α,β-unsaturated/α-hetero) is 1. The number of nitrogens with zero attached hydrogens (tertiary/aromatic N) is 4. The molecule has 0 saturated heterocycles. The summed E-state index contributed by atoms with van der Waals surface area (Å²) < 4.78 is 29.6. The Bertz CT molecular complexity index is 1560. The summed E-state index contributed by atoms with van der Waals surface area (Å²) in [7, 11) is 0. The first-order valence-corrected chi connectivity index (χ1v) is 14.1.